The molecule has 1 aromatic heterocycles. The summed E-state index contributed by atoms with van der Waals surface area (Å²) in [6, 6.07) is 10.0. The summed E-state index contributed by atoms with van der Waals surface area (Å²) in [5, 5.41) is 0. The zero-order valence-corrected chi connectivity index (χ0v) is 9.25. The van der Waals surface area contributed by atoms with Gasteiger partial charge in [0.2, 0.25) is 0 Å². The van der Waals surface area contributed by atoms with Crippen LogP contribution in [0.2, 0.25) is 0 Å². The maximum atomic E-state index is 13.4. The molecule has 0 bridgehead atoms. The summed E-state index contributed by atoms with van der Waals surface area (Å²) in [7, 11) is 0. The Hall–Kier alpha value is -1.54. The number of hydrogen-bond donors (Lipinski definition) is 0. The van der Waals surface area contributed by atoms with Crippen molar-refractivity contribution in [2.45, 2.75) is 0 Å². The van der Waals surface area contributed by atoms with Crippen molar-refractivity contribution in [1.29, 1.82) is 0 Å². The van der Waals surface area contributed by atoms with Crippen LogP contribution in [0.25, 0.3) is 17.4 Å². The lowest BCUT2D eigenvalue weighted by Crippen LogP contribution is -1.79. The average molecular weight is 237 g/mol. The van der Waals surface area contributed by atoms with E-state index in [0.717, 1.165) is 0 Å². The largest absolute Gasteiger partial charge is 0.457 e. The second kappa shape index (κ2) is 4.99. The Morgan fingerprint density at radius 1 is 1.19 bits per heavy atom. The Morgan fingerprint density at radius 3 is 2.75 bits per heavy atom. The van der Waals surface area contributed by atoms with E-state index in [4.69, 9.17) is 16.0 Å². The quantitative estimate of drug-likeness (QED) is 0.723. The molecule has 0 aliphatic carbocycles. The van der Waals surface area contributed by atoms with E-state index in [2.05, 4.69) is 0 Å². The molecule has 2 rings (SSSR count). The molecule has 0 N–H and O–H groups in total. The Morgan fingerprint density at radius 2 is 2.00 bits per heavy atom. The molecule has 0 atom stereocenters. The molecule has 0 spiro atoms. The third-order valence-electron chi connectivity index (χ3n) is 2.14. The summed E-state index contributed by atoms with van der Waals surface area (Å²) in [5.74, 6) is 1.33. The van der Waals surface area contributed by atoms with Crippen LogP contribution in [-0.2, 0) is 0 Å². The fourth-order valence-electron chi connectivity index (χ4n) is 1.41. The molecular formula is C13H10ClFO. The van der Waals surface area contributed by atoms with Gasteiger partial charge in [0.1, 0.15) is 17.3 Å². The van der Waals surface area contributed by atoms with Crippen LogP contribution >= 0.6 is 11.6 Å². The van der Waals surface area contributed by atoms with Crippen LogP contribution < -0.4 is 0 Å². The number of benzene rings is 1. The number of rotatable bonds is 3. The zero-order valence-electron chi connectivity index (χ0n) is 8.49. The van der Waals surface area contributed by atoms with Crippen molar-refractivity contribution >= 4 is 17.7 Å². The van der Waals surface area contributed by atoms with Crippen molar-refractivity contribution in [2.75, 3.05) is 5.88 Å². The molecule has 0 saturated heterocycles. The lowest BCUT2D eigenvalue weighted by molar-refractivity contribution is 0.561. The molecule has 0 aliphatic rings. The normalized spacial score (nSPS) is 11.1. The fourth-order valence-corrected chi connectivity index (χ4v) is 1.50. The van der Waals surface area contributed by atoms with Crippen LogP contribution in [0.1, 0.15) is 5.76 Å². The molecule has 82 valence electrons. The van der Waals surface area contributed by atoms with E-state index < -0.39 is 0 Å². The van der Waals surface area contributed by atoms with E-state index in [0.29, 0.717) is 23.0 Å². The van der Waals surface area contributed by atoms with Crippen molar-refractivity contribution in [1.82, 2.24) is 0 Å². The molecule has 0 fully saturated rings. The first-order chi connectivity index (χ1) is 7.81. The van der Waals surface area contributed by atoms with Gasteiger partial charge in [0, 0.05) is 5.88 Å². The summed E-state index contributed by atoms with van der Waals surface area (Å²) < 4.78 is 18.9. The van der Waals surface area contributed by atoms with E-state index in [-0.39, 0.29) is 5.82 Å². The topological polar surface area (TPSA) is 13.1 Å². The predicted octanol–water partition coefficient (Wildman–Crippen LogP) is 4.34. The lowest BCUT2D eigenvalue weighted by Gasteiger charge is -1.97. The van der Waals surface area contributed by atoms with Crippen LogP contribution in [0.5, 0.6) is 0 Å². The van der Waals surface area contributed by atoms with E-state index in [1.54, 1.807) is 42.5 Å². The first-order valence-electron chi connectivity index (χ1n) is 4.88. The maximum absolute atomic E-state index is 13.4. The van der Waals surface area contributed by atoms with Crippen molar-refractivity contribution in [2.24, 2.45) is 0 Å². The highest BCUT2D eigenvalue weighted by Gasteiger charge is 2.07. The Bertz CT molecular complexity index is 502. The lowest BCUT2D eigenvalue weighted by atomic mass is 10.1. The van der Waals surface area contributed by atoms with Gasteiger partial charge < -0.3 is 4.42 Å². The second-order valence-corrected chi connectivity index (χ2v) is 3.55. The summed E-state index contributed by atoms with van der Waals surface area (Å²) in [6.45, 7) is 0. The van der Waals surface area contributed by atoms with Crippen molar-refractivity contribution < 1.29 is 8.81 Å². The van der Waals surface area contributed by atoms with Gasteiger partial charge in [0.25, 0.3) is 0 Å². The fraction of sp³-hybridized carbons (Fsp3) is 0.0769. The van der Waals surface area contributed by atoms with Crippen molar-refractivity contribution in [3.63, 3.8) is 0 Å². The molecule has 1 heterocycles. The van der Waals surface area contributed by atoms with Crippen LogP contribution in [0, 0.1) is 5.82 Å². The van der Waals surface area contributed by atoms with Gasteiger partial charge in [0.15, 0.2) is 0 Å². The predicted molar refractivity (Wildman–Crippen MR) is 63.9 cm³/mol. The summed E-state index contributed by atoms with van der Waals surface area (Å²) in [6.07, 6.45) is 3.53. The SMILES string of the molecule is Fc1ccccc1-c1ccc(C=CCCl)o1. The van der Waals surface area contributed by atoms with Crippen LogP contribution in [0.15, 0.2) is 46.9 Å². The van der Waals surface area contributed by atoms with E-state index >= 15 is 0 Å². The molecule has 0 unspecified atom stereocenters. The highest BCUT2D eigenvalue weighted by Crippen LogP contribution is 2.25. The summed E-state index contributed by atoms with van der Waals surface area (Å²) in [5.41, 5.74) is 0.466. The third kappa shape index (κ3) is 2.34. The molecule has 16 heavy (non-hydrogen) atoms. The van der Waals surface area contributed by atoms with E-state index in [1.807, 2.05) is 0 Å². The van der Waals surface area contributed by atoms with Gasteiger partial charge in [-0.25, -0.2) is 4.39 Å². The Balaban J connectivity index is 2.32. The van der Waals surface area contributed by atoms with Gasteiger partial charge in [-0.3, -0.25) is 0 Å². The molecule has 1 nitrogen and oxygen atoms in total. The summed E-state index contributed by atoms with van der Waals surface area (Å²) >= 11 is 5.51. The van der Waals surface area contributed by atoms with E-state index in [9.17, 15) is 4.39 Å². The van der Waals surface area contributed by atoms with Gasteiger partial charge in [-0.2, -0.15) is 0 Å². The molecule has 0 radical (unpaired) electrons. The molecule has 0 amide bonds. The van der Waals surface area contributed by atoms with Crippen molar-refractivity contribution in [3.8, 4) is 11.3 Å². The number of furan rings is 1. The monoisotopic (exact) mass is 236 g/mol. The molecule has 3 heteroatoms. The maximum Gasteiger partial charge on any atom is 0.137 e. The Kier molecular flexibility index (Phi) is 3.42. The number of allylic oxidation sites excluding steroid dienone is 1. The van der Waals surface area contributed by atoms with Crippen molar-refractivity contribution in [3.05, 3.63) is 54.1 Å². The third-order valence-corrected chi connectivity index (χ3v) is 2.32. The van der Waals surface area contributed by atoms with Gasteiger partial charge in [-0.15, -0.1) is 11.6 Å². The molecule has 1 aromatic carbocycles. The highest BCUT2D eigenvalue weighted by molar-refractivity contribution is 6.19. The van der Waals surface area contributed by atoms with Gasteiger partial charge in [-0.1, -0.05) is 18.2 Å². The first-order valence-corrected chi connectivity index (χ1v) is 5.42. The Labute approximate surface area is 98.2 Å². The zero-order chi connectivity index (χ0) is 11.4. The first kappa shape index (κ1) is 11.0. The number of halogens is 2. The standard InChI is InChI=1S/C13H10ClFO/c14-9-3-4-10-7-8-13(16-10)11-5-1-2-6-12(11)15/h1-8H,9H2. The highest BCUT2D eigenvalue weighted by atomic mass is 35.5. The molecule has 2 aromatic rings. The summed E-state index contributed by atoms with van der Waals surface area (Å²) in [4.78, 5) is 0. The number of hydrogen-bond acceptors (Lipinski definition) is 1. The van der Waals surface area contributed by atoms with Gasteiger partial charge in [-0.05, 0) is 30.3 Å². The van der Waals surface area contributed by atoms with Gasteiger partial charge >= 0.3 is 0 Å². The minimum absolute atomic E-state index is 0.287. The average Bonchev–Trinajstić information content (AvgIpc) is 2.75. The van der Waals surface area contributed by atoms with Crippen LogP contribution in [0.3, 0.4) is 0 Å². The van der Waals surface area contributed by atoms with Crippen LogP contribution in [0.4, 0.5) is 4.39 Å². The van der Waals surface area contributed by atoms with Gasteiger partial charge in [0.05, 0.1) is 5.56 Å². The van der Waals surface area contributed by atoms with E-state index in [1.165, 1.54) is 6.07 Å². The second-order valence-electron chi connectivity index (χ2n) is 3.24. The minimum atomic E-state index is -0.287. The smallest absolute Gasteiger partial charge is 0.137 e. The minimum Gasteiger partial charge on any atom is -0.457 e. The molecule has 0 saturated carbocycles. The van der Waals surface area contributed by atoms with Crippen LogP contribution in [-0.4, -0.2) is 5.88 Å². The molecular weight excluding hydrogens is 227 g/mol. The number of alkyl halides is 1. The molecule has 0 aliphatic heterocycles.